The van der Waals surface area contributed by atoms with Gasteiger partial charge in [-0.05, 0) is 59.7 Å². The van der Waals surface area contributed by atoms with Gasteiger partial charge in [0.1, 0.15) is 17.8 Å². The molecule has 3 aromatic rings. The number of rotatable bonds is 7. The van der Waals surface area contributed by atoms with Crippen LogP contribution in [0.5, 0.6) is 5.75 Å². The minimum atomic E-state index is -1.39. The maximum Gasteiger partial charge on any atom is 0.337 e. The first-order valence-corrected chi connectivity index (χ1v) is 11.4. The molecule has 196 valence electrons. The van der Waals surface area contributed by atoms with E-state index in [-0.39, 0.29) is 16.8 Å². The van der Waals surface area contributed by atoms with Gasteiger partial charge < -0.3 is 24.8 Å². The first-order chi connectivity index (χ1) is 18.1. The molecule has 1 heterocycles. The van der Waals surface area contributed by atoms with Crippen LogP contribution >= 0.6 is 0 Å². The summed E-state index contributed by atoms with van der Waals surface area (Å²) in [6.07, 6.45) is 0. The highest BCUT2D eigenvalue weighted by atomic mass is 16.5. The Balaban J connectivity index is 1.54. The highest BCUT2D eigenvalue weighted by Gasteiger charge is 2.49. The van der Waals surface area contributed by atoms with Crippen molar-refractivity contribution in [3.8, 4) is 5.75 Å². The van der Waals surface area contributed by atoms with Gasteiger partial charge in [0, 0.05) is 5.69 Å². The van der Waals surface area contributed by atoms with Crippen molar-refractivity contribution in [2.75, 3.05) is 33.2 Å². The topological polar surface area (TPSA) is 140 Å². The molecule has 11 nitrogen and oxygen atoms in total. The number of esters is 2. The molecule has 11 heteroatoms. The molecule has 0 saturated carbocycles. The second kappa shape index (κ2) is 10.2. The molecule has 0 bridgehead atoms. The van der Waals surface area contributed by atoms with Gasteiger partial charge in [0.2, 0.25) is 5.91 Å². The molecule has 0 radical (unpaired) electrons. The number of nitrogens with zero attached hydrogens (tertiary/aromatic N) is 1. The smallest absolute Gasteiger partial charge is 0.337 e. The Hall–Kier alpha value is -4.93. The summed E-state index contributed by atoms with van der Waals surface area (Å²) in [6, 6.07) is 14.0. The van der Waals surface area contributed by atoms with E-state index in [1.165, 1.54) is 32.4 Å². The number of urea groups is 1. The summed E-state index contributed by atoms with van der Waals surface area (Å²) >= 11 is 0. The Bertz CT molecular complexity index is 1450. The van der Waals surface area contributed by atoms with Gasteiger partial charge >= 0.3 is 18.0 Å². The predicted octanol–water partition coefficient (Wildman–Crippen LogP) is 2.83. The number of methoxy groups -OCH3 is 3. The third-order valence-corrected chi connectivity index (χ3v) is 6.26. The van der Waals surface area contributed by atoms with Crippen molar-refractivity contribution in [1.29, 1.82) is 0 Å². The number of carbonyl (C=O) groups excluding carboxylic acids is 5. The molecule has 4 rings (SSSR count). The van der Waals surface area contributed by atoms with E-state index in [1.54, 1.807) is 32.2 Å². The average Bonchev–Trinajstić information content (AvgIpc) is 3.14. The number of fused-ring (bicyclic) bond motifs is 1. The second-order valence-corrected chi connectivity index (χ2v) is 8.70. The molecule has 38 heavy (non-hydrogen) atoms. The minimum absolute atomic E-state index is 0.00203. The molecule has 1 aliphatic heterocycles. The normalized spacial score (nSPS) is 16.7. The monoisotopic (exact) mass is 519 g/mol. The molecule has 3 aromatic carbocycles. The van der Waals surface area contributed by atoms with E-state index in [4.69, 9.17) is 4.74 Å². The molecule has 1 aliphatic rings. The lowest BCUT2D eigenvalue weighted by Gasteiger charge is -2.22. The Morgan fingerprint density at radius 2 is 1.47 bits per heavy atom. The van der Waals surface area contributed by atoms with Crippen LogP contribution < -0.4 is 15.4 Å². The quantitative estimate of drug-likeness (QED) is 0.359. The highest BCUT2D eigenvalue weighted by Crippen LogP contribution is 2.32. The number of carbonyl (C=O) groups is 5. The van der Waals surface area contributed by atoms with Crippen LogP contribution in [0, 0.1) is 0 Å². The van der Waals surface area contributed by atoms with Crippen LogP contribution in [0.25, 0.3) is 10.8 Å². The zero-order valence-electron chi connectivity index (χ0n) is 21.1. The van der Waals surface area contributed by atoms with Gasteiger partial charge in [-0.15, -0.1) is 0 Å². The minimum Gasteiger partial charge on any atom is -0.497 e. The fraction of sp³-hybridized carbons (Fsp3) is 0.222. The zero-order valence-corrected chi connectivity index (χ0v) is 21.1. The van der Waals surface area contributed by atoms with Gasteiger partial charge in [-0.25, -0.2) is 14.4 Å². The van der Waals surface area contributed by atoms with E-state index in [9.17, 15) is 24.0 Å². The molecule has 2 N–H and O–H groups in total. The van der Waals surface area contributed by atoms with Crippen molar-refractivity contribution in [3.63, 3.8) is 0 Å². The van der Waals surface area contributed by atoms with Gasteiger partial charge in [0.05, 0.1) is 32.5 Å². The largest absolute Gasteiger partial charge is 0.497 e. The molecule has 4 amide bonds. The van der Waals surface area contributed by atoms with E-state index < -0.39 is 41.9 Å². The van der Waals surface area contributed by atoms with Gasteiger partial charge in [-0.2, -0.15) is 0 Å². The van der Waals surface area contributed by atoms with E-state index in [0.29, 0.717) is 11.3 Å². The summed E-state index contributed by atoms with van der Waals surface area (Å²) in [5.41, 5.74) is -0.763. The van der Waals surface area contributed by atoms with Crippen molar-refractivity contribution < 1.29 is 38.2 Å². The van der Waals surface area contributed by atoms with Gasteiger partial charge in [0.15, 0.2) is 0 Å². The summed E-state index contributed by atoms with van der Waals surface area (Å²) in [6.45, 7) is 0.972. The summed E-state index contributed by atoms with van der Waals surface area (Å²) in [7, 11) is 3.92. The number of ether oxygens (including phenoxy) is 3. The van der Waals surface area contributed by atoms with Crippen LogP contribution in [0.1, 0.15) is 33.2 Å². The molecule has 0 aromatic heterocycles. The number of amides is 4. The van der Waals surface area contributed by atoms with E-state index in [2.05, 4.69) is 20.1 Å². The second-order valence-electron chi connectivity index (χ2n) is 8.70. The maximum atomic E-state index is 13.3. The number of benzene rings is 3. The molecule has 1 atom stereocenters. The van der Waals surface area contributed by atoms with Crippen molar-refractivity contribution in [3.05, 3.63) is 71.3 Å². The van der Waals surface area contributed by atoms with Crippen molar-refractivity contribution in [2.45, 2.75) is 12.5 Å². The summed E-state index contributed by atoms with van der Waals surface area (Å²) < 4.78 is 14.6. The van der Waals surface area contributed by atoms with Crippen molar-refractivity contribution >= 4 is 46.2 Å². The van der Waals surface area contributed by atoms with Crippen LogP contribution in [0.2, 0.25) is 0 Å². The average molecular weight is 520 g/mol. The Morgan fingerprint density at radius 1 is 0.868 bits per heavy atom. The fourth-order valence-corrected chi connectivity index (χ4v) is 4.21. The SMILES string of the molecule is COC(=O)c1cc(NC(=O)CN2C(=O)N[C@](C)(c3ccc4cc(OC)ccc4c3)C2=O)cc(C(=O)OC)c1. The molecule has 1 fully saturated rings. The lowest BCUT2D eigenvalue weighted by molar-refractivity contribution is -0.133. The molecular formula is C27H25N3O8. The summed E-state index contributed by atoms with van der Waals surface area (Å²) in [5.74, 6) is -2.10. The highest BCUT2D eigenvalue weighted by molar-refractivity contribution is 6.10. The number of nitrogens with one attached hydrogen (secondary N) is 2. The number of hydrogen-bond donors (Lipinski definition) is 2. The molecule has 1 saturated heterocycles. The van der Waals surface area contributed by atoms with Crippen LogP contribution in [0.4, 0.5) is 10.5 Å². The molecule has 0 spiro atoms. The van der Waals surface area contributed by atoms with E-state index in [1.807, 2.05) is 18.2 Å². The third-order valence-electron chi connectivity index (χ3n) is 6.26. The van der Waals surface area contributed by atoms with Crippen LogP contribution in [-0.2, 0) is 24.6 Å². The maximum absolute atomic E-state index is 13.3. The number of hydrogen-bond acceptors (Lipinski definition) is 8. The first kappa shape index (κ1) is 26.1. The standard InChI is InChI=1S/C27H25N3O8/c1-27(19-7-5-16-13-21(36-2)8-6-15(16)10-19)25(34)30(26(35)29-27)14-22(31)28-20-11-17(23(32)37-3)9-18(12-20)24(33)38-4/h5-13H,14H2,1-4H3,(H,28,31)(H,29,35)/t27-/m1/s1. The molecule has 0 aliphatic carbocycles. The zero-order chi connectivity index (χ0) is 27.6. The van der Waals surface area contributed by atoms with Crippen LogP contribution in [0.3, 0.4) is 0 Å². The van der Waals surface area contributed by atoms with Crippen molar-refractivity contribution in [1.82, 2.24) is 10.2 Å². The molecular weight excluding hydrogens is 494 g/mol. The van der Waals surface area contributed by atoms with Crippen molar-refractivity contribution in [2.24, 2.45) is 0 Å². The Morgan fingerprint density at radius 3 is 2.08 bits per heavy atom. The predicted molar refractivity (Wildman–Crippen MR) is 136 cm³/mol. The van der Waals surface area contributed by atoms with E-state index in [0.717, 1.165) is 15.7 Å². The summed E-state index contributed by atoms with van der Waals surface area (Å²) in [5, 5.41) is 6.92. The summed E-state index contributed by atoms with van der Waals surface area (Å²) in [4.78, 5) is 63.7. The van der Waals surface area contributed by atoms with Gasteiger partial charge in [0.25, 0.3) is 5.91 Å². The van der Waals surface area contributed by atoms with Crippen LogP contribution in [-0.4, -0.2) is 62.6 Å². The lowest BCUT2D eigenvalue weighted by Crippen LogP contribution is -2.42. The fourth-order valence-electron chi connectivity index (χ4n) is 4.21. The Kier molecular flexibility index (Phi) is 7.02. The Labute approximate surface area is 217 Å². The lowest BCUT2D eigenvalue weighted by atomic mass is 9.90. The van der Waals surface area contributed by atoms with Gasteiger partial charge in [-0.3, -0.25) is 14.5 Å². The first-order valence-electron chi connectivity index (χ1n) is 11.4. The van der Waals surface area contributed by atoms with Crippen LogP contribution in [0.15, 0.2) is 54.6 Å². The number of anilines is 1. The third kappa shape index (κ3) is 4.85. The van der Waals surface area contributed by atoms with Gasteiger partial charge in [-0.1, -0.05) is 18.2 Å². The van der Waals surface area contributed by atoms with E-state index >= 15 is 0 Å². The number of imide groups is 1. The molecule has 0 unspecified atom stereocenters.